The van der Waals surface area contributed by atoms with Crippen LogP contribution in [0.4, 0.5) is 0 Å². The predicted octanol–water partition coefficient (Wildman–Crippen LogP) is -0.985. The van der Waals surface area contributed by atoms with Crippen molar-refractivity contribution in [2.24, 2.45) is 25.7 Å². The van der Waals surface area contributed by atoms with E-state index in [1.54, 1.807) is 20.9 Å². The number of aromatic nitrogens is 4. The third-order valence-electron chi connectivity index (χ3n) is 3.03. The Kier molecular flexibility index (Phi) is 5.03. The fourth-order valence-electron chi connectivity index (χ4n) is 1.55. The molecule has 4 N–H and O–H groups in total. The molecule has 116 valence electrons. The molecule has 0 bridgehead atoms. The van der Waals surface area contributed by atoms with Crippen molar-refractivity contribution >= 4 is 17.1 Å². The van der Waals surface area contributed by atoms with Crippen LogP contribution in [-0.4, -0.2) is 36.2 Å². The van der Waals surface area contributed by atoms with Gasteiger partial charge in [-0.3, -0.25) is 18.7 Å². The first-order valence-electron chi connectivity index (χ1n) is 6.26. The summed E-state index contributed by atoms with van der Waals surface area (Å²) in [5.74, 6) is -0.910. The molecular weight excluding hydrogens is 278 g/mol. The number of rotatable bonds is 2. The Labute approximate surface area is 120 Å². The third-order valence-corrected chi connectivity index (χ3v) is 3.03. The Morgan fingerprint density at radius 2 is 1.90 bits per heavy atom. The Morgan fingerprint density at radius 3 is 2.33 bits per heavy atom. The summed E-state index contributed by atoms with van der Waals surface area (Å²) in [5, 5.41) is 8.23. The lowest BCUT2D eigenvalue weighted by Gasteiger charge is -2.07. The molecule has 21 heavy (non-hydrogen) atoms. The molecule has 0 spiro atoms. The van der Waals surface area contributed by atoms with E-state index in [4.69, 9.17) is 10.8 Å². The Morgan fingerprint density at radius 1 is 1.33 bits per heavy atom. The molecule has 9 heteroatoms. The molecule has 0 aliphatic rings. The van der Waals surface area contributed by atoms with Crippen LogP contribution in [0.15, 0.2) is 15.9 Å². The van der Waals surface area contributed by atoms with Gasteiger partial charge in [0.1, 0.15) is 11.6 Å². The van der Waals surface area contributed by atoms with E-state index in [0.717, 1.165) is 4.57 Å². The smallest absolute Gasteiger partial charge is 0.332 e. The van der Waals surface area contributed by atoms with E-state index in [-0.39, 0.29) is 17.2 Å². The van der Waals surface area contributed by atoms with Gasteiger partial charge in [-0.1, -0.05) is 13.8 Å². The number of hydrogen-bond donors (Lipinski definition) is 3. The molecule has 2 heterocycles. The van der Waals surface area contributed by atoms with Crippen molar-refractivity contribution in [1.29, 1.82) is 0 Å². The summed E-state index contributed by atoms with van der Waals surface area (Å²) in [6.07, 6.45) is 1.39. The molecule has 0 aliphatic heterocycles. The lowest BCUT2D eigenvalue weighted by molar-refractivity contribution is -0.139. The number of nitrogens with zero attached hydrogens (tertiary/aromatic N) is 3. The molecular formula is C12H19N5O4. The Hall–Kier alpha value is -2.42. The van der Waals surface area contributed by atoms with Gasteiger partial charge >= 0.3 is 11.7 Å². The molecule has 9 nitrogen and oxygen atoms in total. The maximum Gasteiger partial charge on any atom is 0.332 e. The summed E-state index contributed by atoms with van der Waals surface area (Å²) in [6, 6.07) is -0.713. The van der Waals surface area contributed by atoms with Crippen LogP contribution in [0.1, 0.15) is 13.8 Å². The number of nitrogens with two attached hydrogens (primary N) is 1. The quantitative estimate of drug-likeness (QED) is 0.651. The Balaban J connectivity index is 0.000000240. The SMILES string of the molecule is CC(C)[C@H](N)C(=O)O.Cn1c(=O)c2[nH]cnc2n(C)c1=O. The van der Waals surface area contributed by atoms with Gasteiger partial charge in [0, 0.05) is 14.1 Å². The van der Waals surface area contributed by atoms with Crippen molar-refractivity contribution in [3.8, 4) is 0 Å². The Bertz CT molecular complexity index is 755. The van der Waals surface area contributed by atoms with E-state index in [9.17, 15) is 14.4 Å². The lowest BCUT2D eigenvalue weighted by atomic mass is 10.1. The highest BCUT2D eigenvalue weighted by Crippen LogP contribution is 1.97. The van der Waals surface area contributed by atoms with Crippen LogP contribution in [-0.2, 0) is 18.9 Å². The van der Waals surface area contributed by atoms with E-state index in [1.165, 1.54) is 17.9 Å². The van der Waals surface area contributed by atoms with Gasteiger partial charge in [0.15, 0.2) is 5.65 Å². The highest BCUT2D eigenvalue weighted by atomic mass is 16.4. The van der Waals surface area contributed by atoms with Gasteiger partial charge < -0.3 is 15.8 Å². The molecule has 0 aliphatic carbocycles. The van der Waals surface area contributed by atoms with Gasteiger partial charge in [-0.05, 0) is 5.92 Å². The van der Waals surface area contributed by atoms with Crippen molar-refractivity contribution in [2.75, 3.05) is 0 Å². The average Bonchev–Trinajstić information content (AvgIpc) is 2.92. The summed E-state index contributed by atoms with van der Waals surface area (Å²) < 4.78 is 2.37. The number of aryl methyl sites for hydroxylation is 1. The number of carbonyl (C=O) groups is 1. The molecule has 0 fully saturated rings. The number of aromatic amines is 1. The normalized spacial score (nSPS) is 12.1. The number of carboxylic acids is 1. The first-order chi connectivity index (χ1) is 9.68. The maximum absolute atomic E-state index is 11.4. The molecule has 2 rings (SSSR count). The van der Waals surface area contributed by atoms with Crippen LogP contribution < -0.4 is 17.0 Å². The number of aliphatic carboxylic acids is 1. The van der Waals surface area contributed by atoms with Crippen molar-refractivity contribution in [1.82, 2.24) is 19.1 Å². The second-order valence-corrected chi connectivity index (χ2v) is 4.91. The van der Waals surface area contributed by atoms with Gasteiger partial charge in [-0.25, -0.2) is 9.78 Å². The van der Waals surface area contributed by atoms with Gasteiger partial charge in [0.2, 0.25) is 0 Å². The topological polar surface area (TPSA) is 136 Å². The number of H-pyrrole nitrogens is 1. The molecule has 0 radical (unpaired) electrons. The molecule has 2 aromatic heterocycles. The number of carboxylic acid groups (broad SMARTS) is 1. The van der Waals surface area contributed by atoms with Crippen LogP contribution in [0.3, 0.4) is 0 Å². The summed E-state index contributed by atoms with van der Waals surface area (Å²) in [5.41, 5.74) is 5.17. The maximum atomic E-state index is 11.4. The molecule has 0 amide bonds. The van der Waals surface area contributed by atoms with Crippen molar-refractivity contribution in [3.63, 3.8) is 0 Å². The lowest BCUT2D eigenvalue weighted by Crippen LogP contribution is -2.36. The van der Waals surface area contributed by atoms with Crippen LogP contribution in [0, 0.1) is 5.92 Å². The monoisotopic (exact) mass is 297 g/mol. The van der Waals surface area contributed by atoms with Crippen LogP contribution in [0.5, 0.6) is 0 Å². The van der Waals surface area contributed by atoms with Crippen LogP contribution in [0.2, 0.25) is 0 Å². The molecule has 0 saturated heterocycles. The molecule has 0 saturated carbocycles. The first kappa shape index (κ1) is 16.6. The minimum atomic E-state index is -0.931. The summed E-state index contributed by atoms with van der Waals surface area (Å²) in [4.78, 5) is 39.4. The fraction of sp³-hybridized carbons (Fsp3) is 0.500. The highest BCUT2D eigenvalue weighted by molar-refractivity contribution is 5.73. The second kappa shape index (κ2) is 6.35. The molecule has 2 aromatic rings. The van der Waals surface area contributed by atoms with Crippen LogP contribution >= 0.6 is 0 Å². The summed E-state index contributed by atoms with van der Waals surface area (Å²) in [6.45, 7) is 3.55. The number of hydrogen-bond acceptors (Lipinski definition) is 5. The van der Waals surface area contributed by atoms with E-state index >= 15 is 0 Å². The average molecular weight is 297 g/mol. The highest BCUT2D eigenvalue weighted by Gasteiger charge is 2.14. The van der Waals surface area contributed by atoms with Crippen molar-refractivity contribution < 1.29 is 9.90 Å². The zero-order valence-corrected chi connectivity index (χ0v) is 12.3. The fourth-order valence-corrected chi connectivity index (χ4v) is 1.55. The largest absolute Gasteiger partial charge is 0.480 e. The number of imidazole rings is 1. The number of nitrogens with one attached hydrogen (secondary N) is 1. The van der Waals surface area contributed by atoms with Crippen molar-refractivity contribution in [2.45, 2.75) is 19.9 Å². The first-order valence-corrected chi connectivity index (χ1v) is 6.26. The summed E-state index contributed by atoms with van der Waals surface area (Å²) in [7, 11) is 3.01. The van der Waals surface area contributed by atoms with Gasteiger partial charge in [0.05, 0.1) is 6.33 Å². The second-order valence-electron chi connectivity index (χ2n) is 4.91. The van der Waals surface area contributed by atoms with E-state index in [2.05, 4.69) is 9.97 Å². The van der Waals surface area contributed by atoms with Gasteiger partial charge in [-0.15, -0.1) is 0 Å². The zero-order chi connectivity index (χ0) is 16.3. The van der Waals surface area contributed by atoms with E-state index in [1.807, 2.05) is 0 Å². The third kappa shape index (κ3) is 3.37. The molecule has 1 atom stereocenters. The summed E-state index contributed by atoms with van der Waals surface area (Å²) >= 11 is 0. The molecule has 0 unspecified atom stereocenters. The van der Waals surface area contributed by atoms with Crippen molar-refractivity contribution in [3.05, 3.63) is 27.2 Å². The van der Waals surface area contributed by atoms with Gasteiger partial charge in [0.25, 0.3) is 5.56 Å². The predicted molar refractivity (Wildman–Crippen MR) is 77.0 cm³/mol. The molecule has 0 aromatic carbocycles. The zero-order valence-electron chi connectivity index (χ0n) is 12.3. The van der Waals surface area contributed by atoms with Gasteiger partial charge in [-0.2, -0.15) is 0 Å². The standard InChI is InChI=1S/C7H8N4O2.C5H11NO2/c1-10-5-4(8-3-9-5)6(12)11(2)7(10)13;1-3(2)4(6)5(7)8/h3H,1-2H3,(H,8,9);3-4H,6H2,1-2H3,(H,7,8)/t;4-/m.0/s1. The van der Waals surface area contributed by atoms with E-state index in [0.29, 0.717) is 11.2 Å². The van der Waals surface area contributed by atoms with E-state index < -0.39 is 12.0 Å². The minimum Gasteiger partial charge on any atom is -0.480 e. The minimum absolute atomic E-state index is 0.0208. The number of fused-ring (bicyclic) bond motifs is 1. The van der Waals surface area contributed by atoms with Crippen LogP contribution in [0.25, 0.3) is 11.2 Å².